The summed E-state index contributed by atoms with van der Waals surface area (Å²) in [6.45, 7) is 5.55. The molecule has 0 aliphatic carbocycles. The molecule has 1 aromatic rings. The first-order chi connectivity index (χ1) is 8.47. The molecule has 18 heavy (non-hydrogen) atoms. The third-order valence-corrected chi connectivity index (χ3v) is 3.82. The molecule has 6 heteroatoms. The van der Waals surface area contributed by atoms with Crippen LogP contribution < -0.4 is 0 Å². The van der Waals surface area contributed by atoms with Crippen LogP contribution in [0.4, 0.5) is 0 Å². The molecule has 0 unspecified atom stereocenters. The van der Waals surface area contributed by atoms with Crippen LogP contribution in [0.1, 0.15) is 55.7 Å². The smallest absolute Gasteiger partial charge is 0.361 e. The largest absolute Gasteiger partial charge is 0.455 e. The number of aromatic nitrogens is 3. The molecule has 0 aromatic carbocycles. The number of thioether (sulfide) groups is 1. The SMILES string of the molecule is CC(C)(C)OC(=O)c1n[nH]nc1C1CCSCC1. The predicted molar refractivity (Wildman–Crippen MR) is 70.9 cm³/mol. The van der Waals surface area contributed by atoms with Gasteiger partial charge >= 0.3 is 5.97 Å². The number of nitrogens with zero attached hydrogens (tertiary/aromatic N) is 2. The molecule has 0 saturated carbocycles. The van der Waals surface area contributed by atoms with E-state index in [-0.39, 0.29) is 5.97 Å². The fourth-order valence-electron chi connectivity index (χ4n) is 1.97. The number of hydrogen-bond acceptors (Lipinski definition) is 5. The first-order valence-corrected chi connectivity index (χ1v) is 7.34. The van der Waals surface area contributed by atoms with Crippen molar-refractivity contribution in [3.05, 3.63) is 11.4 Å². The summed E-state index contributed by atoms with van der Waals surface area (Å²) >= 11 is 1.95. The van der Waals surface area contributed by atoms with Crippen molar-refractivity contribution in [1.82, 2.24) is 15.4 Å². The lowest BCUT2D eigenvalue weighted by Gasteiger charge is -2.21. The number of ether oxygens (including phenoxy) is 1. The van der Waals surface area contributed by atoms with E-state index in [0.29, 0.717) is 11.6 Å². The summed E-state index contributed by atoms with van der Waals surface area (Å²) in [5, 5.41) is 10.7. The van der Waals surface area contributed by atoms with Crippen LogP contribution in [0.25, 0.3) is 0 Å². The first-order valence-electron chi connectivity index (χ1n) is 6.19. The minimum absolute atomic E-state index is 0.326. The van der Waals surface area contributed by atoms with Crippen molar-refractivity contribution in [2.75, 3.05) is 11.5 Å². The normalized spacial score (nSPS) is 17.7. The third-order valence-electron chi connectivity index (χ3n) is 2.78. The highest BCUT2D eigenvalue weighted by Crippen LogP contribution is 2.31. The van der Waals surface area contributed by atoms with Gasteiger partial charge < -0.3 is 4.74 Å². The monoisotopic (exact) mass is 269 g/mol. The Morgan fingerprint density at radius 2 is 2.00 bits per heavy atom. The van der Waals surface area contributed by atoms with Gasteiger partial charge in [-0.1, -0.05) is 0 Å². The lowest BCUT2D eigenvalue weighted by molar-refractivity contribution is 0.00609. The molecule has 2 rings (SSSR count). The molecular weight excluding hydrogens is 250 g/mol. The predicted octanol–water partition coefficient (Wildman–Crippen LogP) is 2.37. The Kier molecular flexibility index (Phi) is 3.94. The zero-order chi connectivity index (χ0) is 13.2. The molecule has 1 aliphatic rings. The van der Waals surface area contributed by atoms with Crippen molar-refractivity contribution >= 4 is 17.7 Å². The summed E-state index contributed by atoms with van der Waals surface area (Å²) < 4.78 is 5.35. The lowest BCUT2D eigenvalue weighted by Crippen LogP contribution is -2.25. The van der Waals surface area contributed by atoms with Gasteiger partial charge in [0, 0.05) is 5.92 Å². The molecule has 5 nitrogen and oxygen atoms in total. The average Bonchev–Trinajstić information content (AvgIpc) is 2.76. The number of hydrogen-bond donors (Lipinski definition) is 1. The number of aromatic amines is 1. The number of nitrogens with one attached hydrogen (secondary N) is 1. The van der Waals surface area contributed by atoms with Gasteiger partial charge in [0.25, 0.3) is 0 Å². The van der Waals surface area contributed by atoms with E-state index in [1.165, 1.54) is 0 Å². The maximum Gasteiger partial charge on any atom is 0.361 e. The Balaban J connectivity index is 2.14. The van der Waals surface area contributed by atoms with Crippen LogP contribution in [-0.4, -0.2) is 38.5 Å². The Morgan fingerprint density at radius 3 is 2.61 bits per heavy atom. The van der Waals surface area contributed by atoms with E-state index in [1.807, 2.05) is 32.5 Å². The second-order valence-corrected chi connectivity index (χ2v) is 6.67. The van der Waals surface area contributed by atoms with E-state index >= 15 is 0 Å². The van der Waals surface area contributed by atoms with E-state index in [4.69, 9.17) is 4.74 Å². The van der Waals surface area contributed by atoms with Gasteiger partial charge in [0.15, 0.2) is 5.69 Å². The molecule has 0 amide bonds. The summed E-state index contributed by atoms with van der Waals surface area (Å²) in [7, 11) is 0. The van der Waals surface area contributed by atoms with Crippen molar-refractivity contribution < 1.29 is 9.53 Å². The highest BCUT2D eigenvalue weighted by Gasteiger charge is 2.28. The van der Waals surface area contributed by atoms with Gasteiger partial charge in [-0.2, -0.15) is 22.1 Å². The number of rotatable bonds is 2. The van der Waals surface area contributed by atoms with E-state index in [9.17, 15) is 4.79 Å². The average molecular weight is 269 g/mol. The van der Waals surface area contributed by atoms with E-state index in [1.54, 1.807) is 0 Å². The maximum absolute atomic E-state index is 12.0. The molecule has 0 spiro atoms. The Morgan fingerprint density at radius 1 is 1.33 bits per heavy atom. The summed E-state index contributed by atoms with van der Waals surface area (Å²) in [6, 6.07) is 0. The quantitative estimate of drug-likeness (QED) is 0.835. The summed E-state index contributed by atoms with van der Waals surface area (Å²) in [5.41, 5.74) is 0.613. The van der Waals surface area contributed by atoms with Gasteiger partial charge in [-0.3, -0.25) is 0 Å². The van der Waals surface area contributed by atoms with Gasteiger partial charge in [0.1, 0.15) is 11.3 Å². The van der Waals surface area contributed by atoms with E-state index in [0.717, 1.165) is 30.0 Å². The molecule has 1 N–H and O–H groups in total. The van der Waals surface area contributed by atoms with E-state index < -0.39 is 5.60 Å². The van der Waals surface area contributed by atoms with Crippen LogP contribution in [-0.2, 0) is 4.74 Å². The molecule has 2 heterocycles. The molecule has 0 bridgehead atoms. The number of carbonyl (C=O) groups is 1. The number of carbonyl (C=O) groups excluding carboxylic acids is 1. The molecule has 1 fully saturated rings. The van der Waals surface area contributed by atoms with Crippen molar-refractivity contribution in [3.8, 4) is 0 Å². The zero-order valence-electron chi connectivity index (χ0n) is 11.0. The maximum atomic E-state index is 12.0. The van der Waals surface area contributed by atoms with Crippen LogP contribution in [0.5, 0.6) is 0 Å². The highest BCUT2D eigenvalue weighted by molar-refractivity contribution is 7.99. The van der Waals surface area contributed by atoms with Crippen molar-refractivity contribution in [2.24, 2.45) is 0 Å². The fraction of sp³-hybridized carbons (Fsp3) is 0.750. The Bertz CT molecular complexity index is 419. The number of H-pyrrole nitrogens is 1. The fourth-order valence-corrected chi connectivity index (χ4v) is 3.08. The molecular formula is C12H19N3O2S. The number of esters is 1. The molecule has 1 saturated heterocycles. The molecule has 1 aromatic heterocycles. The lowest BCUT2D eigenvalue weighted by atomic mass is 9.97. The van der Waals surface area contributed by atoms with Crippen LogP contribution in [0.2, 0.25) is 0 Å². The Hall–Kier alpha value is -1.04. The van der Waals surface area contributed by atoms with Gasteiger partial charge in [-0.05, 0) is 45.1 Å². The third kappa shape index (κ3) is 3.25. The van der Waals surface area contributed by atoms with Crippen LogP contribution >= 0.6 is 11.8 Å². The Labute approximate surface area is 111 Å². The summed E-state index contributed by atoms with van der Waals surface area (Å²) in [6.07, 6.45) is 2.10. The van der Waals surface area contributed by atoms with Crippen LogP contribution in [0.15, 0.2) is 0 Å². The van der Waals surface area contributed by atoms with Gasteiger partial charge in [0.2, 0.25) is 0 Å². The molecule has 100 valence electrons. The summed E-state index contributed by atoms with van der Waals surface area (Å²) in [4.78, 5) is 12.0. The summed E-state index contributed by atoms with van der Waals surface area (Å²) in [5.74, 6) is 2.17. The topological polar surface area (TPSA) is 67.9 Å². The van der Waals surface area contributed by atoms with Crippen molar-refractivity contribution in [1.29, 1.82) is 0 Å². The highest BCUT2D eigenvalue weighted by atomic mass is 32.2. The minimum Gasteiger partial charge on any atom is -0.455 e. The van der Waals surface area contributed by atoms with Crippen molar-refractivity contribution in [3.63, 3.8) is 0 Å². The molecule has 0 radical (unpaired) electrons. The van der Waals surface area contributed by atoms with E-state index in [2.05, 4.69) is 15.4 Å². The zero-order valence-corrected chi connectivity index (χ0v) is 11.8. The standard InChI is InChI=1S/C12H19N3O2S/c1-12(2,3)17-11(16)10-9(13-15-14-10)8-4-6-18-7-5-8/h8H,4-7H2,1-3H3,(H,13,14,15). The van der Waals surface area contributed by atoms with Crippen LogP contribution in [0, 0.1) is 0 Å². The second-order valence-electron chi connectivity index (χ2n) is 5.45. The van der Waals surface area contributed by atoms with Crippen LogP contribution in [0.3, 0.4) is 0 Å². The minimum atomic E-state index is -0.504. The second kappa shape index (κ2) is 5.30. The molecule has 0 atom stereocenters. The first kappa shape index (κ1) is 13.4. The van der Waals surface area contributed by atoms with Gasteiger partial charge in [0.05, 0.1) is 0 Å². The van der Waals surface area contributed by atoms with Gasteiger partial charge in [-0.15, -0.1) is 5.10 Å². The molecule has 1 aliphatic heterocycles. The van der Waals surface area contributed by atoms with Gasteiger partial charge in [-0.25, -0.2) is 4.79 Å². The van der Waals surface area contributed by atoms with Crippen molar-refractivity contribution in [2.45, 2.75) is 45.1 Å².